The minimum absolute atomic E-state index is 0.0933. The molecule has 2 aliphatic heterocycles. The topological polar surface area (TPSA) is 54.5 Å². The number of benzene rings is 4. The first-order valence-corrected chi connectivity index (χ1v) is 13.2. The van der Waals surface area contributed by atoms with E-state index in [0.29, 0.717) is 21.8 Å². The van der Waals surface area contributed by atoms with E-state index in [-0.39, 0.29) is 16.7 Å². The van der Waals surface area contributed by atoms with Crippen LogP contribution in [0.5, 0.6) is 0 Å². The van der Waals surface area contributed by atoms with Gasteiger partial charge in [0, 0.05) is 38.9 Å². The van der Waals surface area contributed by atoms with Crippen LogP contribution in [0.4, 0.5) is 14.5 Å². The highest BCUT2D eigenvalue weighted by atomic mass is 35.5. The Balaban J connectivity index is 1.56. The van der Waals surface area contributed by atoms with E-state index in [9.17, 15) is 18.8 Å². The van der Waals surface area contributed by atoms with Crippen LogP contribution in [-0.2, 0) is 0 Å². The average Bonchev–Trinajstić information content (AvgIpc) is 3.39. The zero-order valence-corrected chi connectivity index (χ0v) is 21.6. The molecule has 1 spiro atoms. The van der Waals surface area contributed by atoms with Gasteiger partial charge in [-0.3, -0.25) is 14.4 Å². The fourth-order valence-corrected chi connectivity index (χ4v) is 6.93. The van der Waals surface area contributed by atoms with Crippen LogP contribution in [0.3, 0.4) is 0 Å². The molecule has 3 atom stereocenters. The van der Waals surface area contributed by atoms with Crippen molar-refractivity contribution in [2.45, 2.75) is 18.0 Å². The Bertz CT molecular complexity index is 1750. The monoisotopic (exact) mass is 551 g/mol. The highest BCUT2D eigenvalue weighted by molar-refractivity contribution is 6.32. The summed E-state index contributed by atoms with van der Waals surface area (Å²) in [6.45, 7) is 0. The van der Waals surface area contributed by atoms with E-state index < -0.39 is 52.4 Å². The normalized spacial score (nSPS) is 21.9. The van der Waals surface area contributed by atoms with Gasteiger partial charge < -0.3 is 4.90 Å². The summed E-state index contributed by atoms with van der Waals surface area (Å²) in [5, 5.41) is 0.432. The third-order valence-electron chi connectivity index (χ3n) is 8.40. The molecule has 7 rings (SSSR count). The highest BCUT2D eigenvalue weighted by Crippen LogP contribution is 2.61. The predicted molar refractivity (Wildman–Crippen MR) is 148 cm³/mol. The Morgan fingerprint density at radius 3 is 2.15 bits per heavy atom. The molecule has 1 fully saturated rings. The van der Waals surface area contributed by atoms with Gasteiger partial charge in [-0.1, -0.05) is 66.2 Å². The summed E-state index contributed by atoms with van der Waals surface area (Å²) in [6.07, 6.45) is 3.34. The van der Waals surface area contributed by atoms with Crippen LogP contribution in [0.15, 0.2) is 97.1 Å². The number of ketones is 3. The standard InChI is InChI=1S/C33H20ClF2NO3/c34-20-12-9-18(10-13-20)30(38)29-28(24-7-3-4-8-25(24)36)33(31(39)22-5-1-2-6-23(22)32(33)40)27-16-11-19-17-21(35)14-15-26(19)37(27)29/h1-17,27-29H/t27?,28-,29+/m0/s1. The molecule has 1 saturated heterocycles. The van der Waals surface area contributed by atoms with E-state index in [0.717, 1.165) is 0 Å². The first-order valence-electron chi connectivity index (χ1n) is 12.8. The summed E-state index contributed by atoms with van der Waals surface area (Å²) in [4.78, 5) is 45.2. The van der Waals surface area contributed by atoms with E-state index in [1.807, 2.05) is 0 Å². The summed E-state index contributed by atoms with van der Waals surface area (Å²) in [7, 11) is 0. The quantitative estimate of drug-likeness (QED) is 0.204. The van der Waals surface area contributed by atoms with Crippen molar-refractivity contribution in [2.24, 2.45) is 5.41 Å². The number of hydrogen-bond donors (Lipinski definition) is 0. The van der Waals surface area contributed by atoms with Gasteiger partial charge in [-0.05, 0) is 54.1 Å². The van der Waals surface area contributed by atoms with E-state index in [4.69, 9.17) is 11.6 Å². The zero-order valence-electron chi connectivity index (χ0n) is 20.9. The first-order chi connectivity index (χ1) is 19.3. The van der Waals surface area contributed by atoms with Crippen molar-refractivity contribution in [1.82, 2.24) is 0 Å². The molecule has 1 unspecified atom stereocenters. The van der Waals surface area contributed by atoms with Crippen molar-refractivity contribution >= 4 is 40.7 Å². The number of anilines is 1. The van der Waals surface area contributed by atoms with Crippen LogP contribution < -0.4 is 4.90 Å². The van der Waals surface area contributed by atoms with Gasteiger partial charge in [-0.15, -0.1) is 0 Å². The summed E-state index contributed by atoms with van der Waals surface area (Å²) < 4.78 is 30.0. The Kier molecular flexibility index (Phi) is 5.41. The molecule has 0 aromatic heterocycles. The number of fused-ring (bicyclic) bond motifs is 5. The number of carbonyl (C=O) groups excluding carboxylic acids is 3. The van der Waals surface area contributed by atoms with Crippen molar-refractivity contribution in [2.75, 3.05) is 4.90 Å². The molecule has 0 N–H and O–H groups in total. The van der Waals surface area contributed by atoms with E-state index >= 15 is 4.39 Å². The Morgan fingerprint density at radius 2 is 1.48 bits per heavy atom. The number of hydrogen-bond acceptors (Lipinski definition) is 4. The lowest BCUT2D eigenvalue weighted by molar-refractivity contribution is 0.0664. The maximum absolute atomic E-state index is 15.7. The molecule has 0 amide bonds. The van der Waals surface area contributed by atoms with Gasteiger partial charge in [0.15, 0.2) is 17.3 Å². The van der Waals surface area contributed by atoms with Gasteiger partial charge >= 0.3 is 0 Å². The summed E-state index contributed by atoms with van der Waals surface area (Å²) in [5.74, 6) is -3.61. The molecule has 196 valence electrons. The Morgan fingerprint density at radius 1 is 0.825 bits per heavy atom. The maximum atomic E-state index is 15.7. The largest absolute Gasteiger partial charge is 0.352 e. The van der Waals surface area contributed by atoms with Crippen molar-refractivity contribution in [3.05, 3.63) is 142 Å². The lowest BCUT2D eigenvalue weighted by atomic mass is 9.64. The van der Waals surface area contributed by atoms with Crippen molar-refractivity contribution in [3.63, 3.8) is 0 Å². The first kappa shape index (κ1) is 24.6. The minimum atomic E-state index is -1.83. The fourth-order valence-electron chi connectivity index (χ4n) is 6.80. The van der Waals surface area contributed by atoms with Gasteiger partial charge in [0.05, 0.1) is 6.04 Å². The van der Waals surface area contributed by atoms with Crippen molar-refractivity contribution in [1.29, 1.82) is 0 Å². The second-order valence-corrected chi connectivity index (χ2v) is 10.7. The average molecular weight is 552 g/mol. The third kappa shape index (κ3) is 3.20. The van der Waals surface area contributed by atoms with Crippen molar-refractivity contribution in [3.8, 4) is 0 Å². The van der Waals surface area contributed by atoms with E-state index in [1.54, 1.807) is 71.6 Å². The number of Topliss-reactive ketones (excluding diaryl/α,β-unsaturated/α-hetero) is 3. The maximum Gasteiger partial charge on any atom is 0.185 e. The van der Waals surface area contributed by atoms with Gasteiger partial charge in [-0.2, -0.15) is 0 Å². The summed E-state index contributed by atoms with van der Waals surface area (Å²) >= 11 is 6.10. The fraction of sp³-hybridized carbons (Fsp3) is 0.121. The predicted octanol–water partition coefficient (Wildman–Crippen LogP) is 6.93. The van der Waals surface area contributed by atoms with Crippen molar-refractivity contribution < 1.29 is 23.2 Å². The van der Waals surface area contributed by atoms with Crippen LogP contribution in [-0.4, -0.2) is 29.4 Å². The lowest BCUT2D eigenvalue weighted by Gasteiger charge is -2.37. The van der Waals surface area contributed by atoms with Crippen LogP contribution in [0.2, 0.25) is 5.02 Å². The van der Waals surface area contributed by atoms with E-state index in [1.165, 1.54) is 36.4 Å². The Labute approximate surface area is 233 Å². The van der Waals surface area contributed by atoms with E-state index in [2.05, 4.69) is 0 Å². The molecule has 7 heteroatoms. The number of nitrogens with zero attached hydrogens (tertiary/aromatic N) is 1. The Hall–Kier alpha value is -4.42. The van der Waals surface area contributed by atoms with Crippen LogP contribution in [0.1, 0.15) is 48.1 Å². The number of rotatable bonds is 3. The second-order valence-electron chi connectivity index (χ2n) is 10.3. The molecule has 4 aromatic rings. The molecule has 0 saturated carbocycles. The minimum Gasteiger partial charge on any atom is -0.352 e. The molecule has 4 nitrogen and oxygen atoms in total. The molecular weight excluding hydrogens is 532 g/mol. The molecule has 0 radical (unpaired) electrons. The zero-order chi connectivity index (χ0) is 27.8. The van der Waals surface area contributed by atoms with Gasteiger partial charge in [0.2, 0.25) is 0 Å². The van der Waals surface area contributed by atoms with Gasteiger partial charge in [0.25, 0.3) is 0 Å². The highest BCUT2D eigenvalue weighted by Gasteiger charge is 2.71. The van der Waals surface area contributed by atoms with Crippen LogP contribution >= 0.6 is 11.6 Å². The molecule has 2 heterocycles. The van der Waals surface area contributed by atoms with Crippen LogP contribution in [0, 0.1) is 17.0 Å². The molecule has 40 heavy (non-hydrogen) atoms. The molecular formula is C33H20ClF2NO3. The number of carbonyl (C=O) groups is 3. The van der Waals surface area contributed by atoms with Gasteiger partial charge in [-0.25, -0.2) is 8.78 Å². The molecule has 3 aliphatic rings. The molecule has 0 bridgehead atoms. The summed E-state index contributed by atoms with van der Waals surface area (Å²) in [6, 6.07) is 20.8. The lowest BCUT2D eigenvalue weighted by Crippen LogP contribution is -2.48. The summed E-state index contributed by atoms with van der Waals surface area (Å²) in [5.41, 5.74) is 0.0106. The number of halogens is 3. The molecule has 1 aliphatic carbocycles. The third-order valence-corrected chi connectivity index (χ3v) is 8.66. The van der Waals surface area contributed by atoms with Gasteiger partial charge in [0.1, 0.15) is 23.1 Å². The second kappa shape index (κ2) is 8.80. The SMILES string of the molecule is O=C(c1ccc(Cl)cc1)[C@H]1[C@H](c2ccccc2F)C2(C(=O)c3ccccc3C2=O)C2C=Cc3cc(F)ccc3N21. The van der Waals surface area contributed by atoms with Crippen LogP contribution in [0.25, 0.3) is 6.08 Å². The molecule has 4 aromatic carbocycles. The smallest absolute Gasteiger partial charge is 0.185 e.